The number of rotatable bonds is 6. The van der Waals surface area contributed by atoms with E-state index in [1.165, 1.54) is 6.20 Å². The molecule has 0 bridgehead atoms. The predicted octanol–water partition coefficient (Wildman–Crippen LogP) is 3.13. The Morgan fingerprint density at radius 2 is 2.05 bits per heavy atom. The van der Waals surface area contributed by atoms with Crippen LogP contribution in [0.2, 0.25) is 0 Å². The fourth-order valence-electron chi connectivity index (χ4n) is 2.12. The molecule has 1 heterocycles. The molecule has 22 heavy (non-hydrogen) atoms. The average Bonchev–Trinajstić information content (AvgIpc) is 3.32. The molecule has 1 atom stereocenters. The summed E-state index contributed by atoms with van der Waals surface area (Å²) >= 11 is 0. The highest BCUT2D eigenvalue weighted by molar-refractivity contribution is 5.58. The summed E-state index contributed by atoms with van der Waals surface area (Å²) in [7, 11) is 0. The van der Waals surface area contributed by atoms with Crippen LogP contribution in [0.1, 0.15) is 31.4 Å². The topological polar surface area (TPSA) is 93.0 Å². The Labute approximate surface area is 127 Å². The van der Waals surface area contributed by atoms with Crippen LogP contribution < -0.4 is 10.6 Å². The molecule has 1 fully saturated rings. The molecule has 0 amide bonds. The van der Waals surface area contributed by atoms with Crippen molar-refractivity contribution in [3.05, 3.63) is 52.2 Å². The van der Waals surface area contributed by atoms with Gasteiger partial charge < -0.3 is 10.6 Å². The lowest BCUT2D eigenvalue weighted by Gasteiger charge is -2.14. The van der Waals surface area contributed by atoms with Crippen molar-refractivity contribution in [3.63, 3.8) is 0 Å². The summed E-state index contributed by atoms with van der Waals surface area (Å²) in [4.78, 5) is 18.9. The van der Waals surface area contributed by atoms with Crippen LogP contribution >= 0.6 is 0 Å². The van der Waals surface area contributed by atoms with E-state index in [0.29, 0.717) is 5.95 Å². The van der Waals surface area contributed by atoms with Gasteiger partial charge in [-0.1, -0.05) is 30.3 Å². The summed E-state index contributed by atoms with van der Waals surface area (Å²) in [5.74, 6) is 0.662. The van der Waals surface area contributed by atoms with Crippen LogP contribution in [0.4, 0.5) is 17.5 Å². The molecule has 1 aromatic carbocycles. The van der Waals surface area contributed by atoms with Crippen molar-refractivity contribution >= 4 is 17.5 Å². The van der Waals surface area contributed by atoms with Gasteiger partial charge in [-0.05, 0) is 25.3 Å². The Balaban J connectivity index is 1.80. The molecular weight excluding hydrogens is 282 g/mol. The van der Waals surface area contributed by atoms with Crippen molar-refractivity contribution in [2.75, 3.05) is 10.6 Å². The molecule has 1 aliphatic rings. The Hall–Kier alpha value is -2.70. The molecule has 1 saturated carbocycles. The molecule has 1 unspecified atom stereocenters. The number of hydrogen-bond acceptors (Lipinski definition) is 6. The largest absolute Gasteiger partial charge is 0.361 e. The third-order valence-corrected chi connectivity index (χ3v) is 3.53. The Morgan fingerprint density at radius 1 is 1.32 bits per heavy atom. The van der Waals surface area contributed by atoms with Crippen molar-refractivity contribution in [1.82, 2.24) is 9.97 Å². The van der Waals surface area contributed by atoms with Crippen molar-refractivity contribution in [2.24, 2.45) is 0 Å². The van der Waals surface area contributed by atoms with Gasteiger partial charge in [0.15, 0.2) is 0 Å². The first kappa shape index (κ1) is 14.2. The molecule has 0 radical (unpaired) electrons. The lowest BCUT2D eigenvalue weighted by Crippen LogP contribution is -2.12. The van der Waals surface area contributed by atoms with E-state index in [9.17, 15) is 10.1 Å². The van der Waals surface area contributed by atoms with Crippen molar-refractivity contribution < 1.29 is 4.92 Å². The average molecular weight is 299 g/mol. The third kappa shape index (κ3) is 3.30. The Morgan fingerprint density at radius 3 is 2.68 bits per heavy atom. The van der Waals surface area contributed by atoms with Gasteiger partial charge in [-0.2, -0.15) is 4.98 Å². The van der Waals surface area contributed by atoms with Crippen LogP contribution in [0.15, 0.2) is 36.5 Å². The van der Waals surface area contributed by atoms with Crippen molar-refractivity contribution in [1.29, 1.82) is 0 Å². The minimum atomic E-state index is -0.463. The van der Waals surface area contributed by atoms with Crippen LogP contribution in [0.3, 0.4) is 0 Å². The van der Waals surface area contributed by atoms with Gasteiger partial charge in [0.25, 0.3) is 0 Å². The normalized spacial score (nSPS) is 15.1. The van der Waals surface area contributed by atoms with E-state index in [1.807, 2.05) is 37.3 Å². The molecule has 3 rings (SSSR count). The molecule has 114 valence electrons. The lowest BCUT2D eigenvalue weighted by atomic mass is 10.1. The fraction of sp³-hybridized carbons (Fsp3) is 0.333. The maximum Gasteiger partial charge on any atom is 0.329 e. The number of nitrogens with zero attached hydrogens (tertiary/aromatic N) is 3. The summed E-state index contributed by atoms with van der Waals surface area (Å²) in [6.45, 7) is 1.99. The van der Waals surface area contributed by atoms with Gasteiger partial charge in [0.05, 0.1) is 11.0 Å². The van der Waals surface area contributed by atoms with Crippen LogP contribution in [-0.2, 0) is 0 Å². The number of nitrogens with one attached hydrogen (secondary N) is 2. The summed E-state index contributed by atoms with van der Waals surface area (Å²) in [6, 6.07) is 10.2. The van der Waals surface area contributed by atoms with E-state index >= 15 is 0 Å². The third-order valence-electron chi connectivity index (χ3n) is 3.53. The van der Waals surface area contributed by atoms with E-state index in [4.69, 9.17) is 0 Å². The monoisotopic (exact) mass is 299 g/mol. The molecule has 0 aliphatic heterocycles. The van der Waals surface area contributed by atoms with Gasteiger partial charge in [-0.25, -0.2) is 4.98 Å². The SMILES string of the molecule is CC(Nc1ncc([N+](=O)[O-])c(NC2CC2)n1)c1ccccc1. The fourth-order valence-corrected chi connectivity index (χ4v) is 2.12. The molecule has 0 spiro atoms. The van der Waals surface area contributed by atoms with Crippen molar-refractivity contribution in [3.8, 4) is 0 Å². The van der Waals surface area contributed by atoms with Gasteiger partial charge >= 0.3 is 5.69 Å². The number of anilines is 2. The summed E-state index contributed by atoms with van der Waals surface area (Å²) in [5.41, 5.74) is 1.01. The first-order valence-corrected chi connectivity index (χ1v) is 7.23. The minimum absolute atomic E-state index is 0.0106. The van der Waals surface area contributed by atoms with E-state index in [0.717, 1.165) is 18.4 Å². The first-order chi connectivity index (χ1) is 10.6. The highest BCUT2D eigenvalue weighted by atomic mass is 16.6. The highest BCUT2D eigenvalue weighted by Crippen LogP contribution is 2.30. The van der Waals surface area contributed by atoms with Crippen molar-refractivity contribution in [2.45, 2.75) is 31.8 Å². The zero-order chi connectivity index (χ0) is 15.5. The molecule has 1 aliphatic carbocycles. The minimum Gasteiger partial charge on any atom is -0.361 e. The second kappa shape index (κ2) is 5.97. The van der Waals surface area contributed by atoms with E-state index in [2.05, 4.69) is 20.6 Å². The van der Waals surface area contributed by atoms with E-state index in [1.54, 1.807) is 0 Å². The maximum atomic E-state index is 11.0. The molecule has 2 aromatic rings. The Kier molecular flexibility index (Phi) is 3.86. The summed E-state index contributed by atoms with van der Waals surface area (Å²) in [6.07, 6.45) is 3.28. The predicted molar refractivity (Wildman–Crippen MR) is 83.8 cm³/mol. The zero-order valence-corrected chi connectivity index (χ0v) is 12.2. The van der Waals surface area contributed by atoms with E-state index in [-0.39, 0.29) is 23.6 Å². The molecular formula is C15H17N5O2. The zero-order valence-electron chi connectivity index (χ0n) is 12.2. The number of aromatic nitrogens is 2. The number of hydrogen-bond donors (Lipinski definition) is 2. The van der Waals surface area contributed by atoms with Crippen LogP contribution in [0, 0.1) is 10.1 Å². The second-order valence-corrected chi connectivity index (χ2v) is 5.38. The summed E-state index contributed by atoms with van der Waals surface area (Å²) < 4.78 is 0. The van der Waals surface area contributed by atoms with Crippen LogP contribution in [-0.4, -0.2) is 20.9 Å². The second-order valence-electron chi connectivity index (χ2n) is 5.38. The summed E-state index contributed by atoms with van der Waals surface area (Å²) in [5, 5.41) is 17.3. The maximum absolute atomic E-state index is 11.0. The molecule has 7 nitrogen and oxygen atoms in total. The van der Waals surface area contributed by atoms with E-state index < -0.39 is 4.92 Å². The molecule has 1 aromatic heterocycles. The van der Waals surface area contributed by atoms with Crippen LogP contribution in [0.25, 0.3) is 0 Å². The smallest absolute Gasteiger partial charge is 0.329 e. The lowest BCUT2D eigenvalue weighted by molar-refractivity contribution is -0.384. The van der Waals surface area contributed by atoms with Gasteiger partial charge in [0.1, 0.15) is 6.20 Å². The van der Waals surface area contributed by atoms with Gasteiger partial charge in [0, 0.05) is 6.04 Å². The standard InChI is InChI=1S/C15H17N5O2/c1-10(11-5-3-2-4-6-11)17-15-16-9-13(20(21)22)14(19-15)18-12-7-8-12/h2-6,9-10,12H,7-8H2,1H3,(H2,16,17,18,19). The van der Waals surface area contributed by atoms with Gasteiger partial charge in [-0.3, -0.25) is 10.1 Å². The first-order valence-electron chi connectivity index (χ1n) is 7.23. The van der Waals surface area contributed by atoms with Gasteiger partial charge in [0.2, 0.25) is 11.8 Å². The quantitative estimate of drug-likeness (QED) is 0.628. The molecule has 0 saturated heterocycles. The molecule has 2 N–H and O–H groups in total. The Bertz CT molecular complexity index is 673. The number of benzene rings is 1. The number of nitro groups is 1. The highest BCUT2D eigenvalue weighted by Gasteiger charge is 2.26. The van der Waals surface area contributed by atoms with Gasteiger partial charge in [-0.15, -0.1) is 0 Å². The molecule has 7 heteroatoms. The van der Waals surface area contributed by atoms with Crippen LogP contribution in [0.5, 0.6) is 0 Å².